The lowest BCUT2D eigenvalue weighted by atomic mass is 10.2. The molecule has 1 aromatic heterocycles. The SMILES string of the molecule is O=C(Oc1c(F)c(F)c(F)c(F)c1F)c1cc(CCO)on1. The van der Waals surface area contributed by atoms with Crippen molar-refractivity contribution in [1.29, 1.82) is 0 Å². The van der Waals surface area contributed by atoms with Crippen LogP contribution in [0.15, 0.2) is 10.6 Å². The average Bonchev–Trinajstić information content (AvgIpc) is 2.96. The fourth-order valence-electron chi connectivity index (χ4n) is 1.46. The molecule has 22 heavy (non-hydrogen) atoms. The monoisotopic (exact) mass is 323 g/mol. The number of ether oxygens (including phenoxy) is 1. The van der Waals surface area contributed by atoms with E-state index in [0.29, 0.717) is 0 Å². The van der Waals surface area contributed by atoms with E-state index in [1.165, 1.54) is 0 Å². The third-order valence-corrected chi connectivity index (χ3v) is 2.49. The maximum atomic E-state index is 13.3. The molecule has 0 aliphatic rings. The van der Waals surface area contributed by atoms with Gasteiger partial charge in [-0.05, 0) is 0 Å². The Bertz CT molecular complexity index is 702. The molecule has 118 valence electrons. The van der Waals surface area contributed by atoms with Crippen LogP contribution in [0.2, 0.25) is 0 Å². The molecule has 0 fully saturated rings. The molecule has 5 nitrogen and oxygen atoms in total. The summed E-state index contributed by atoms with van der Waals surface area (Å²) in [4.78, 5) is 11.6. The van der Waals surface area contributed by atoms with E-state index in [1.54, 1.807) is 0 Å². The number of esters is 1. The van der Waals surface area contributed by atoms with Crippen LogP contribution in [-0.4, -0.2) is 22.8 Å². The number of aliphatic hydroxyl groups is 1. The number of nitrogens with zero attached hydrogens (tertiary/aromatic N) is 1. The van der Waals surface area contributed by atoms with Gasteiger partial charge >= 0.3 is 5.97 Å². The van der Waals surface area contributed by atoms with E-state index in [4.69, 9.17) is 5.11 Å². The van der Waals surface area contributed by atoms with Crippen molar-refractivity contribution in [3.05, 3.63) is 46.6 Å². The molecule has 0 unspecified atom stereocenters. The van der Waals surface area contributed by atoms with Gasteiger partial charge in [0.2, 0.25) is 34.8 Å². The molecule has 0 saturated heterocycles. The van der Waals surface area contributed by atoms with Crippen molar-refractivity contribution < 1.29 is 41.1 Å². The molecule has 0 atom stereocenters. The minimum absolute atomic E-state index is 0.00278. The lowest BCUT2D eigenvalue weighted by molar-refractivity contribution is 0.0705. The minimum atomic E-state index is -2.37. The van der Waals surface area contributed by atoms with Crippen molar-refractivity contribution in [3.8, 4) is 5.75 Å². The van der Waals surface area contributed by atoms with Crippen molar-refractivity contribution in [3.63, 3.8) is 0 Å². The van der Waals surface area contributed by atoms with Gasteiger partial charge in [-0.1, -0.05) is 5.16 Å². The number of aromatic nitrogens is 1. The molecule has 0 amide bonds. The second-order valence-corrected chi connectivity index (χ2v) is 3.94. The smallest absolute Gasteiger partial charge is 0.366 e. The topological polar surface area (TPSA) is 72.6 Å². The Morgan fingerprint density at radius 1 is 1.09 bits per heavy atom. The van der Waals surface area contributed by atoms with Crippen LogP contribution in [0, 0.1) is 29.1 Å². The van der Waals surface area contributed by atoms with Gasteiger partial charge in [0.05, 0.1) is 6.61 Å². The molecule has 2 aromatic rings. The van der Waals surface area contributed by atoms with Gasteiger partial charge in [0.25, 0.3) is 0 Å². The van der Waals surface area contributed by atoms with E-state index in [9.17, 15) is 26.7 Å². The summed E-state index contributed by atoms with van der Waals surface area (Å²) < 4.78 is 74.1. The number of halogens is 5. The van der Waals surface area contributed by atoms with E-state index in [1.807, 2.05) is 0 Å². The predicted octanol–water partition coefficient (Wildman–Crippen LogP) is 2.12. The van der Waals surface area contributed by atoms with Crippen molar-refractivity contribution >= 4 is 5.97 Å². The highest BCUT2D eigenvalue weighted by atomic mass is 19.2. The lowest BCUT2D eigenvalue weighted by Gasteiger charge is -2.07. The molecule has 10 heteroatoms. The minimum Gasteiger partial charge on any atom is -0.415 e. The first kappa shape index (κ1) is 15.9. The molecule has 0 bridgehead atoms. The fraction of sp³-hybridized carbons (Fsp3) is 0.167. The zero-order valence-electron chi connectivity index (χ0n) is 10.5. The second-order valence-electron chi connectivity index (χ2n) is 3.94. The summed E-state index contributed by atoms with van der Waals surface area (Å²) in [6.07, 6.45) is 0.00278. The van der Waals surface area contributed by atoms with Crippen LogP contribution in [-0.2, 0) is 6.42 Å². The number of aliphatic hydroxyl groups excluding tert-OH is 1. The van der Waals surface area contributed by atoms with Crippen LogP contribution in [0.5, 0.6) is 5.75 Å². The summed E-state index contributed by atoms with van der Waals surface area (Å²) in [5.74, 6) is -14.6. The van der Waals surface area contributed by atoms with Crippen molar-refractivity contribution in [2.75, 3.05) is 6.61 Å². The van der Waals surface area contributed by atoms with Crippen molar-refractivity contribution in [2.24, 2.45) is 0 Å². The van der Waals surface area contributed by atoms with Crippen LogP contribution >= 0.6 is 0 Å². The Morgan fingerprint density at radius 3 is 2.18 bits per heavy atom. The molecule has 1 heterocycles. The predicted molar refractivity (Wildman–Crippen MR) is 58.5 cm³/mol. The summed E-state index contributed by atoms with van der Waals surface area (Å²) in [7, 11) is 0. The molecular formula is C12H6F5NO4. The zero-order chi connectivity index (χ0) is 16.4. The number of carbonyl (C=O) groups is 1. The molecule has 0 aliphatic carbocycles. The molecule has 2 rings (SSSR count). The third-order valence-electron chi connectivity index (χ3n) is 2.49. The van der Waals surface area contributed by atoms with E-state index in [2.05, 4.69) is 14.4 Å². The maximum absolute atomic E-state index is 13.3. The largest absolute Gasteiger partial charge is 0.415 e. The summed E-state index contributed by atoms with van der Waals surface area (Å²) >= 11 is 0. The Balaban J connectivity index is 2.32. The van der Waals surface area contributed by atoms with E-state index >= 15 is 0 Å². The molecule has 1 N–H and O–H groups in total. The Kier molecular flexibility index (Phi) is 4.40. The summed E-state index contributed by atoms with van der Waals surface area (Å²) in [5, 5.41) is 11.8. The number of hydrogen-bond donors (Lipinski definition) is 1. The van der Waals surface area contributed by atoms with Gasteiger partial charge in [-0.2, -0.15) is 8.78 Å². The highest BCUT2D eigenvalue weighted by molar-refractivity contribution is 5.89. The number of carbonyl (C=O) groups excluding carboxylic acids is 1. The maximum Gasteiger partial charge on any atom is 0.366 e. The first-order valence-electron chi connectivity index (χ1n) is 5.66. The van der Waals surface area contributed by atoms with E-state index in [0.717, 1.165) is 6.07 Å². The molecule has 0 radical (unpaired) electrons. The molecule has 1 aromatic carbocycles. The van der Waals surface area contributed by atoms with Gasteiger partial charge in [0, 0.05) is 12.5 Å². The van der Waals surface area contributed by atoms with E-state index in [-0.39, 0.29) is 18.8 Å². The number of rotatable bonds is 4. The quantitative estimate of drug-likeness (QED) is 0.307. The van der Waals surface area contributed by atoms with Crippen LogP contribution in [0.4, 0.5) is 22.0 Å². The summed E-state index contributed by atoms with van der Waals surface area (Å²) in [6, 6.07) is 0.991. The molecule has 0 aliphatic heterocycles. The van der Waals surface area contributed by atoms with Gasteiger partial charge in [0.1, 0.15) is 5.76 Å². The Labute approximate surface area is 118 Å². The Morgan fingerprint density at radius 2 is 1.64 bits per heavy atom. The van der Waals surface area contributed by atoms with Gasteiger partial charge in [-0.25, -0.2) is 18.0 Å². The summed E-state index contributed by atoms with van der Waals surface area (Å²) in [6.45, 7) is -0.318. The molecular weight excluding hydrogens is 317 g/mol. The zero-order valence-corrected chi connectivity index (χ0v) is 10.5. The van der Waals surface area contributed by atoms with E-state index < -0.39 is 46.5 Å². The average molecular weight is 323 g/mol. The first-order valence-corrected chi connectivity index (χ1v) is 5.66. The van der Waals surface area contributed by atoms with Crippen LogP contribution in [0.3, 0.4) is 0 Å². The lowest BCUT2D eigenvalue weighted by Crippen LogP contribution is -2.14. The number of hydrogen-bond acceptors (Lipinski definition) is 5. The molecule has 0 spiro atoms. The van der Waals surface area contributed by atoms with Crippen LogP contribution in [0.1, 0.15) is 16.2 Å². The van der Waals surface area contributed by atoms with Crippen LogP contribution in [0.25, 0.3) is 0 Å². The standard InChI is InChI=1S/C12H6F5NO4/c13-6-7(14)9(16)11(10(17)8(6)15)21-12(20)5-3-4(1-2-19)22-18-5/h3,19H,1-2H2. The Hall–Kier alpha value is -2.49. The van der Waals surface area contributed by atoms with Gasteiger partial charge in [-0.3, -0.25) is 0 Å². The molecule has 0 saturated carbocycles. The van der Waals surface area contributed by atoms with Gasteiger partial charge in [-0.15, -0.1) is 0 Å². The van der Waals surface area contributed by atoms with Crippen molar-refractivity contribution in [2.45, 2.75) is 6.42 Å². The number of benzene rings is 1. The third kappa shape index (κ3) is 2.77. The normalized spacial score (nSPS) is 10.8. The highest BCUT2D eigenvalue weighted by Crippen LogP contribution is 2.29. The van der Waals surface area contributed by atoms with Gasteiger partial charge < -0.3 is 14.4 Å². The highest BCUT2D eigenvalue weighted by Gasteiger charge is 2.29. The van der Waals surface area contributed by atoms with Crippen LogP contribution < -0.4 is 4.74 Å². The van der Waals surface area contributed by atoms with Gasteiger partial charge in [0.15, 0.2) is 5.69 Å². The summed E-state index contributed by atoms with van der Waals surface area (Å²) in [5.41, 5.74) is -0.563. The fourth-order valence-corrected chi connectivity index (χ4v) is 1.46. The first-order chi connectivity index (χ1) is 10.4. The van der Waals surface area contributed by atoms with Crippen molar-refractivity contribution in [1.82, 2.24) is 5.16 Å². The second kappa shape index (κ2) is 6.10.